The molecule has 1 aromatic rings. The van der Waals surface area contributed by atoms with Gasteiger partial charge in [0, 0.05) is 38.1 Å². The van der Waals surface area contributed by atoms with Crippen LogP contribution in [-0.2, 0) is 9.53 Å². The molecule has 0 spiro atoms. The third-order valence-corrected chi connectivity index (χ3v) is 3.78. The number of aliphatic hydroxyl groups excluding tert-OH is 1. The zero-order valence-electron chi connectivity index (χ0n) is 14.4. The highest BCUT2D eigenvalue weighted by Gasteiger charge is 2.32. The van der Waals surface area contributed by atoms with E-state index in [1.807, 2.05) is 6.92 Å². The van der Waals surface area contributed by atoms with Crippen LogP contribution < -0.4 is 15.4 Å². The number of piperazine rings is 1. The third kappa shape index (κ3) is 5.61. The van der Waals surface area contributed by atoms with Crippen LogP contribution in [0.2, 0.25) is 0 Å². The van der Waals surface area contributed by atoms with E-state index < -0.39 is 6.04 Å². The van der Waals surface area contributed by atoms with Crippen LogP contribution in [0.3, 0.4) is 0 Å². The molecular weight excluding hydrogens is 326 g/mol. The van der Waals surface area contributed by atoms with Gasteiger partial charge >= 0.3 is 6.03 Å². The molecule has 1 aliphatic rings. The minimum absolute atomic E-state index is 0.162. The van der Waals surface area contributed by atoms with E-state index in [1.165, 1.54) is 4.90 Å². The molecule has 1 saturated heterocycles. The molecule has 0 unspecified atom stereocenters. The molecule has 25 heavy (non-hydrogen) atoms. The highest BCUT2D eigenvalue weighted by Crippen LogP contribution is 2.19. The highest BCUT2D eigenvalue weighted by molar-refractivity contribution is 5.94. The van der Waals surface area contributed by atoms with Crippen LogP contribution in [0.1, 0.15) is 13.3 Å². The first-order valence-electron chi connectivity index (χ1n) is 8.42. The minimum atomic E-state index is -0.663. The van der Waals surface area contributed by atoms with Gasteiger partial charge in [0.1, 0.15) is 18.4 Å². The molecule has 0 radical (unpaired) electrons. The van der Waals surface area contributed by atoms with Crippen LogP contribution in [0.15, 0.2) is 24.3 Å². The molecule has 0 aromatic heterocycles. The molecule has 3 N–H and O–H groups in total. The third-order valence-electron chi connectivity index (χ3n) is 3.78. The predicted octanol–water partition coefficient (Wildman–Crippen LogP) is 0.817. The molecule has 3 amide bonds. The number of anilines is 1. The van der Waals surface area contributed by atoms with Crippen LogP contribution in [0, 0.1) is 0 Å². The van der Waals surface area contributed by atoms with Crippen molar-refractivity contribution in [2.75, 3.05) is 44.8 Å². The number of rotatable bonds is 8. The van der Waals surface area contributed by atoms with Crippen molar-refractivity contribution < 1.29 is 24.2 Å². The number of benzene rings is 1. The lowest BCUT2D eigenvalue weighted by molar-refractivity contribution is -0.128. The second-order valence-corrected chi connectivity index (χ2v) is 5.52. The first-order chi connectivity index (χ1) is 12.2. The SMILES string of the molecule is CCOCCOc1cccc(NC(=O)N2CCNC(=O)[C@@H]2CCO)c1. The van der Waals surface area contributed by atoms with Crippen LogP contribution >= 0.6 is 0 Å². The number of carbonyl (C=O) groups excluding carboxylic acids is 2. The van der Waals surface area contributed by atoms with Gasteiger partial charge in [-0.1, -0.05) is 6.07 Å². The molecule has 8 nitrogen and oxygen atoms in total. The van der Waals surface area contributed by atoms with Gasteiger partial charge in [-0.15, -0.1) is 0 Å². The molecule has 1 atom stereocenters. The fraction of sp³-hybridized carbons (Fsp3) is 0.529. The number of amides is 3. The van der Waals surface area contributed by atoms with Gasteiger partial charge in [0.25, 0.3) is 0 Å². The summed E-state index contributed by atoms with van der Waals surface area (Å²) in [6, 6.07) is 6.00. The van der Waals surface area contributed by atoms with Crippen molar-refractivity contribution in [1.82, 2.24) is 10.2 Å². The van der Waals surface area contributed by atoms with E-state index in [2.05, 4.69) is 10.6 Å². The molecule has 1 aromatic carbocycles. The molecule has 1 heterocycles. The number of nitrogens with zero attached hydrogens (tertiary/aromatic N) is 1. The fourth-order valence-corrected chi connectivity index (χ4v) is 2.59. The fourth-order valence-electron chi connectivity index (χ4n) is 2.59. The van der Waals surface area contributed by atoms with Gasteiger partial charge in [-0.25, -0.2) is 4.79 Å². The molecule has 1 fully saturated rings. The second-order valence-electron chi connectivity index (χ2n) is 5.52. The van der Waals surface area contributed by atoms with E-state index in [9.17, 15) is 9.59 Å². The molecule has 2 rings (SSSR count). The van der Waals surface area contributed by atoms with Gasteiger partial charge in [-0.2, -0.15) is 0 Å². The summed E-state index contributed by atoms with van der Waals surface area (Å²) in [5, 5.41) is 14.6. The monoisotopic (exact) mass is 351 g/mol. The molecule has 8 heteroatoms. The first kappa shape index (κ1) is 19.0. The number of hydrogen-bond donors (Lipinski definition) is 3. The number of hydrogen-bond acceptors (Lipinski definition) is 5. The Kier molecular flexibility index (Phi) is 7.49. The van der Waals surface area contributed by atoms with Crippen LogP contribution in [-0.4, -0.2) is 67.5 Å². The van der Waals surface area contributed by atoms with E-state index >= 15 is 0 Å². The molecular formula is C17H25N3O5. The quantitative estimate of drug-likeness (QED) is 0.602. The van der Waals surface area contributed by atoms with Crippen molar-refractivity contribution >= 4 is 17.6 Å². The summed E-state index contributed by atoms with van der Waals surface area (Å²) in [6.07, 6.45) is 0.208. The van der Waals surface area contributed by atoms with E-state index in [1.54, 1.807) is 24.3 Å². The molecule has 1 aliphatic heterocycles. The standard InChI is InChI=1S/C17H25N3O5/c1-2-24-10-11-25-14-5-3-4-13(12-14)19-17(23)20-8-7-18-16(22)15(20)6-9-21/h3-5,12,15,21H,2,6-11H2,1H3,(H,18,22)(H,19,23)/t15-/m0/s1. The minimum Gasteiger partial charge on any atom is -0.491 e. The zero-order valence-corrected chi connectivity index (χ0v) is 14.4. The summed E-state index contributed by atoms with van der Waals surface area (Å²) >= 11 is 0. The van der Waals surface area contributed by atoms with Crippen molar-refractivity contribution in [2.45, 2.75) is 19.4 Å². The Morgan fingerprint density at radius 2 is 2.28 bits per heavy atom. The lowest BCUT2D eigenvalue weighted by Gasteiger charge is -2.34. The second kappa shape index (κ2) is 9.85. The van der Waals surface area contributed by atoms with Crippen molar-refractivity contribution in [3.63, 3.8) is 0 Å². The first-order valence-corrected chi connectivity index (χ1v) is 8.42. The molecule has 138 valence electrons. The van der Waals surface area contributed by atoms with E-state index in [0.717, 1.165) is 0 Å². The summed E-state index contributed by atoms with van der Waals surface area (Å²) in [5.74, 6) is 0.379. The maximum Gasteiger partial charge on any atom is 0.322 e. The van der Waals surface area contributed by atoms with Gasteiger partial charge in [-0.05, 0) is 25.5 Å². The summed E-state index contributed by atoms with van der Waals surface area (Å²) < 4.78 is 10.8. The van der Waals surface area contributed by atoms with Crippen molar-refractivity contribution in [1.29, 1.82) is 0 Å². The van der Waals surface area contributed by atoms with Crippen LogP contribution in [0.4, 0.5) is 10.5 Å². The van der Waals surface area contributed by atoms with Gasteiger partial charge in [0.15, 0.2) is 0 Å². The average molecular weight is 351 g/mol. The molecule has 0 bridgehead atoms. The smallest absolute Gasteiger partial charge is 0.322 e. The maximum atomic E-state index is 12.5. The number of nitrogens with one attached hydrogen (secondary N) is 2. The number of ether oxygens (including phenoxy) is 2. The van der Waals surface area contributed by atoms with Crippen molar-refractivity contribution in [3.05, 3.63) is 24.3 Å². The maximum absolute atomic E-state index is 12.5. The Morgan fingerprint density at radius 3 is 3.04 bits per heavy atom. The number of aliphatic hydroxyl groups is 1. The van der Waals surface area contributed by atoms with E-state index in [4.69, 9.17) is 14.6 Å². The number of carbonyl (C=O) groups is 2. The Morgan fingerprint density at radius 1 is 1.44 bits per heavy atom. The summed E-state index contributed by atoms with van der Waals surface area (Å²) in [4.78, 5) is 25.8. The van der Waals surface area contributed by atoms with Gasteiger partial charge in [0.2, 0.25) is 5.91 Å². The van der Waals surface area contributed by atoms with Crippen molar-refractivity contribution in [3.8, 4) is 5.75 Å². The van der Waals surface area contributed by atoms with Crippen LogP contribution in [0.25, 0.3) is 0 Å². The van der Waals surface area contributed by atoms with E-state index in [-0.39, 0.29) is 25.0 Å². The lowest BCUT2D eigenvalue weighted by atomic mass is 10.1. The Bertz CT molecular complexity index is 581. The van der Waals surface area contributed by atoms with Gasteiger partial charge in [-0.3, -0.25) is 4.79 Å². The average Bonchev–Trinajstić information content (AvgIpc) is 2.61. The molecule has 0 saturated carbocycles. The Balaban J connectivity index is 1.95. The van der Waals surface area contributed by atoms with Gasteiger partial charge in [0.05, 0.1) is 6.61 Å². The predicted molar refractivity (Wildman–Crippen MR) is 92.7 cm³/mol. The summed E-state index contributed by atoms with van der Waals surface area (Å²) in [7, 11) is 0. The largest absolute Gasteiger partial charge is 0.491 e. The summed E-state index contributed by atoms with van der Waals surface area (Å²) in [5.41, 5.74) is 0.577. The molecule has 0 aliphatic carbocycles. The Hall–Kier alpha value is -2.32. The number of urea groups is 1. The highest BCUT2D eigenvalue weighted by atomic mass is 16.5. The van der Waals surface area contributed by atoms with E-state index in [0.29, 0.717) is 44.3 Å². The van der Waals surface area contributed by atoms with Gasteiger partial charge < -0.3 is 30.1 Å². The summed E-state index contributed by atoms with van der Waals surface area (Å²) in [6.45, 7) is 4.11. The normalized spacial score (nSPS) is 17.1. The van der Waals surface area contributed by atoms with Crippen molar-refractivity contribution in [2.24, 2.45) is 0 Å². The Labute approximate surface area is 147 Å². The van der Waals surface area contributed by atoms with Crippen LogP contribution in [0.5, 0.6) is 5.75 Å². The lowest BCUT2D eigenvalue weighted by Crippen LogP contribution is -2.58. The topological polar surface area (TPSA) is 100 Å². The zero-order chi connectivity index (χ0) is 18.1.